The lowest BCUT2D eigenvalue weighted by molar-refractivity contribution is -0.155. The van der Waals surface area contributed by atoms with E-state index in [0.29, 0.717) is 12.8 Å². The summed E-state index contributed by atoms with van der Waals surface area (Å²) in [6.45, 7) is -0.0489. The number of amides is 1. The first kappa shape index (κ1) is 14.1. The van der Waals surface area contributed by atoms with E-state index in [1.165, 1.54) is 0 Å². The number of ether oxygens (including phenoxy) is 1. The van der Waals surface area contributed by atoms with Crippen LogP contribution in [0.5, 0.6) is 0 Å². The summed E-state index contributed by atoms with van der Waals surface area (Å²) in [4.78, 5) is 25.6. The lowest BCUT2D eigenvalue weighted by Gasteiger charge is -2.37. The van der Waals surface area contributed by atoms with Gasteiger partial charge in [-0.1, -0.05) is 5.92 Å². The van der Waals surface area contributed by atoms with Crippen LogP contribution >= 0.6 is 0 Å². The maximum absolute atomic E-state index is 12.1. The highest BCUT2D eigenvalue weighted by Crippen LogP contribution is 2.36. The topological polar surface area (TPSA) is 64.4 Å². The number of terminal acetylenes is 1. The Morgan fingerprint density at radius 1 is 1.60 bits per heavy atom. The second kappa shape index (κ2) is 5.78. The van der Waals surface area contributed by atoms with E-state index >= 15 is 0 Å². The molecule has 1 aromatic heterocycles. The van der Waals surface area contributed by atoms with Gasteiger partial charge in [0, 0.05) is 32.3 Å². The second-order valence-corrected chi connectivity index (χ2v) is 4.85. The Morgan fingerprint density at radius 3 is 2.95 bits per heavy atom. The third-order valence-corrected chi connectivity index (χ3v) is 3.53. The molecule has 2 rings (SSSR count). The molecular formula is C14H17N3O3. The molecule has 6 nitrogen and oxygen atoms in total. The SMILES string of the molecule is C#CCOC(=O)C1CCC(=O)N(C)C1c1cnn(C)c1. The molecule has 0 N–H and O–H groups in total. The fourth-order valence-electron chi connectivity index (χ4n) is 2.55. The summed E-state index contributed by atoms with van der Waals surface area (Å²) in [7, 11) is 3.49. The predicted molar refractivity (Wildman–Crippen MR) is 71.2 cm³/mol. The molecule has 20 heavy (non-hydrogen) atoms. The van der Waals surface area contributed by atoms with E-state index in [2.05, 4.69) is 11.0 Å². The van der Waals surface area contributed by atoms with Gasteiger partial charge in [-0.2, -0.15) is 5.10 Å². The van der Waals surface area contributed by atoms with Gasteiger partial charge in [-0.25, -0.2) is 0 Å². The van der Waals surface area contributed by atoms with Gasteiger partial charge in [-0.05, 0) is 6.42 Å². The number of piperidine rings is 1. The molecule has 0 bridgehead atoms. The Morgan fingerprint density at radius 2 is 2.35 bits per heavy atom. The molecule has 0 radical (unpaired) electrons. The van der Waals surface area contributed by atoms with E-state index in [1.807, 2.05) is 0 Å². The summed E-state index contributed by atoms with van der Waals surface area (Å²) in [5.41, 5.74) is 0.825. The van der Waals surface area contributed by atoms with Gasteiger partial charge < -0.3 is 9.64 Å². The van der Waals surface area contributed by atoms with Crippen LogP contribution in [0.4, 0.5) is 0 Å². The van der Waals surface area contributed by atoms with Crippen molar-refractivity contribution < 1.29 is 14.3 Å². The summed E-state index contributed by atoms with van der Waals surface area (Å²) in [6, 6.07) is -0.352. The highest BCUT2D eigenvalue weighted by molar-refractivity contribution is 5.82. The Hall–Kier alpha value is -2.29. The van der Waals surface area contributed by atoms with Gasteiger partial charge in [0.05, 0.1) is 18.2 Å². The molecule has 1 aromatic rings. The fraction of sp³-hybridized carbons (Fsp3) is 0.500. The molecule has 1 aliphatic heterocycles. The van der Waals surface area contributed by atoms with E-state index in [1.54, 1.807) is 36.1 Å². The number of hydrogen-bond acceptors (Lipinski definition) is 4. The molecule has 1 amide bonds. The van der Waals surface area contributed by atoms with Crippen LogP contribution in [0.25, 0.3) is 0 Å². The van der Waals surface area contributed by atoms with E-state index < -0.39 is 5.92 Å². The normalized spacial score (nSPS) is 22.4. The molecule has 0 saturated carbocycles. The monoisotopic (exact) mass is 275 g/mol. The quantitative estimate of drug-likeness (QED) is 0.595. The van der Waals surface area contributed by atoms with Crippen molar-refractivity contribution in [2.45, 2.75) is 18.9 Å². The number of carbonyl (C=O) groups is 2. The number of nitrogens with zero attached hydrogens (tertiary/aromatic N) is 3. The number of carbonyl (C=O) groups excluding carboxylic acids is 2. The molecular weight excluding hydrogens is 258 g/mol. The molecule has 0 spiro atoms. The average molecular weight is 275 g/mol. The molecule has 1 fully saturated rings. The Balaban J connectivity index is 2.26. The highest BCUT2D eigenvalue weighted by Gasteiger charge is 2.40. The second-order valence-electron chi connectivity index (χ2n) is 4.85. The smallest absolute Gasteiger partial charge is 0.312 e. The maximum atomic E-state index is 12.1. The minimum absolute atomic E-state index is 0.0138. The largest absolute Gasteiger partial charge is 0.452 e. The van der Waals surface area contributed by atoms with Gasteiger partial charge in [0.25, 0.3) is 0 Å². The lowest BCUT2D eigenvalue weighted by atomic mass is 9.86. The minimum atomic E-state index is -0.407. The predicted octanol–water partition coefficient (Wildman–Crippen LogP) is 0.506. The first-order chi connectivity index (χ1) is 9.54. The first-order valence-electron chi connectivity index (χ1n) is 6.39. The number of rotatable bonds is 3. The zero-order valence-electron chi connectivity index (χ0n) is 11.6. The van der Waals surface area contributed by atoms with Crippen molar-refractivity contribution in [2.75, 3.05) is 13.7 Å². The summed E-state index contributed by atoms with van der Waals surface area (Å²) in [5, 5.41) is 4.10. The van der Waals surface area contributed by atoms with Crippen LogP contribution in [0.2, 0.25) is 0 Å². The standard InChI is InChI=1S/C14H17N3O3/c1-4-7-20-14(19)11-5-6-12(18)17(3)13(11)10-8-15-16(2)9-10/h1,8-9,11,13H,5-7H2,2-3H3. The summed E-state index contributed by atoms with van der Waals surface area (Å²) in [5.74, 6) is 1.52. The number of aromatic nitrogens is 2. The van der Waals surface area contributed by atoms with Crippen LogP contribution in [-0.2, 0) is 21.4 Å². The van der Waals surface area contributed by atoms with Crippen molar-refractivity contribution in [1.29, 1.82) is 0 Å². The van der Waals surface area contributed by atoms with E-state index in [4.69, 9.17) is 11.2 Å². The lowest BCUT2D eigenvalue weighted by Crippen LogP contribution is -2.43. The van der Waals surface area contributed by atoms with E-state index in [0.717, 1.165) is 5.56 Å². The molecule has 6 heteroatoms. The Bertz CT molecular complexity index is 558. The van der Waals surface area contributed by atoms with Crippen LogP contribution in [0.1, 0.15) is 24.4 Å². The van der Waals surface area contributed by atoms with Crippen molar-refractivity contribution in [2.24, 2.45) is 13.0 Å². The zero-order chi connectivity index (χ0) is 14.7. The summed E-state index contributed by atoms with van der Waals surface area (Å²) >= 11 is 0. The molecule has 0 aliphatic carbocycles. The van der Waals surface area contributed by atoms with Crippen molar-refractivity contribution in [3.05, 3.63) is 18.0 Å². The molecule has 1 aliphatic rings. The molecule has 1 saturated heterocycles. The van der Waals surface area contributed by atoms with Crippen molar-refractivity contribution in [3.8, 4) is 12.3 Å². The van der Waals surface area contributed by atoms with Crippen molar-refractivity contribution in [3.63, 3.8) is 0 Å². The van der Waals surface area contributed by atoms with Crippen LogP contribution in [0, 0.1) is 18.3 Å². The Kier molecular flexibility index (Phi) is 4.08. The number of hydrogen-bond donors (Lipinski definition) is 0. The van der Waals surface area contributed by atoms with E-state index in [-0.39, 0.29) is 24.5 Å². The third kappa shape index (κ3) is 2.67. The summed E-state index contributed by atoms with van der Waals surface area (Å²) in [6.07, 6.45) is 9.38. The first-order valence-corrected chi connectivity index (χ1v) is 6.39. The van der Waals surface area contributed by atoms with Crippen molar-refractivity contribution >= 4 is 11.9 Å². The molecule has 2 heterocycles. The van der Waals surface area contributed by atoms with E-state index in [9.17, 15) is 9.59 Å². The van der Waals surface area contributed by atoms with Crippen molar-refractivity contribution in [1.82, 2.24) is 14.7 Å². The number of aryl methyl sites for hydroxylation is 1. The third-order valence-electron chi connectivity index (χ3n) is 3.53. The minimum Gasteiger partial charge on any atom is -0.452 e. The van der Waals surface area contributed by atoms with Gasteiger partial charge in [0.2, 0.25) is 5.91 Å². The van der Waals surface area contributed by atoms with Gasteiger partial charge in [0.15, 0.2) is 6.61 Å². The molecule has 0 aromatic carbocycles. The number of esters is 1. The average Bonchev–Trinajstić information content (AvgIpc) is 2.85. The Labute approximate surface area is 117 Å². The highest BCUT2D eigenvalue weighted by atomic mass is 16.5. The van der Waals surface area contributed by atoms with Gasteiger partial charge in [0.1, 0.15) is 0 Å². The van der Waals surface area contributed by atoms with Gasteiger partial charge in [-0.3, -0.25) is 14.3 Å². The zero-order valence-corrected chi connectivity index (χ0v) is 11.6. The molecule has 2 unspecified atom stereocenters. The van der Waals surface area contributed by atoms with Gasteiger partial charge >= 0.3 is 5.97 Å². The number of likely N-dealkylation sites (tertiary alicyclic amines) is 1. The van der Waals surface area contributed by atoms with Crippen LogP contribution in [-0.4, -0.2) is 40.2 Å². The fourth-order valence-corrected chi connectivity index (χ4v) is 2.55. The molecule has 2 atom stereocenters. The van der Waals surface area contributed by atoms with Crippen LogP contribution < -0.4 is 0 Å². The van der Waals surface area contributed by atoms with Crippen LogP contribution in [0.15, 0.2) is 12.4 Å². The molecule has 106 valence electrons. The summed E-state index contributed by atoms with van der Waals surface area (Å²) < 4.78 is 6.68. The van der Waals surface area contributed by atoms with Crippen LogP contribution in [0.3, 0.4) is 0 Å². The van der Waals surface area contributed by atoms with Gasteiger partial charge in [-0.15, -0.1) is 6.42 Å². The maximum Gasteiger partial charge on any atom is 0.312 e.